The first-order chi connectivity index (χ1) is 12.8. The van der Waals surface area contributed by atoms with Gasteiger partial charge in [0.05, 0.1) is 31.7 Å². The second-order valence-corrected chi connectivity index (χ2v) is 7.10. The van der Waals surface area contributed by atoms with Gasteiger partial charge in [-0.3, -0.25) is 10.3 Å². The summed E-state index contributed by atoms with van der Waals surface area (Å²) in [4.78, 5) is 6.76. The van der Waals surface area contributed by atoms with Gasteiger partial charge in [-0.05, 0) is 56.1 Å². The van der Waals surface area contributed by atoms with Crippen LogP contribution in [0.5, 0.6) is 5.75 Å². The fourth-order valence-corrected chi connectivity index (χ4v) is 3.31. The van der Waals surface area contributed by atoms with E-state index in [4.69, 9.17) is 9.47 Å². The molecule has 0 bridgehead atoms. The third-order valence-corrected chi connectivity index (χ3v) is 4.98. The fraction of sp³-hybridized carbons (Fsp3) is 0.474. The first kappa shape index (κ1) is 18.8. The third-order valence-electron chi connectivity index (χ3n) is 4.11. The van der Waals surface area contributed by atoms with Gasteiger partial charge in [0, 0.05) is 18.5 Å². The van der Waals surface area contributed by atoms with E-state index < -0.39 is 0 Å². The Kier molecular flexibility index (Phi) is 7.42. The van der Waals surface area contributed by atoms with Crippen LogP contribution in [-0.2, 0) is 4.74 Å². The molecule has 140 valence electrons. The van der Waals surface area contributed by atoms with E-state index in [-0.39, 0.29) is 0 Å². The van der Waals surface area contributed by atoms with E-state index in [1.54, 1.807) is 17.6 Å². The number of hydrogen-bond acceptors (Lipinski definition) is 7. The van der Waals surface area contributed by atoms with Gasteiger partial charge >= 0.3 is 0 Å². The average Bonchev–Trinajstić information content (AvgIpc) is 3.09. The molecule has 1 saturated heterocycles. The van der Waals surface area contributed by atoms with Gasteiger partial charge in [-0.25, -0.2) is 4.98 Å². The maximum atomic E-state index is 5.82. The Morgan fingerprint density at radius 1 is 1.27 bits per heavy atom. The number of hydrazone groups is 1. The van der Waals surface area contributed by atoms with E-state index in [0.717, 1.165) is 74.4 Å². The topological polar surface area (TPSA) is 59.0 Å². The monoisotopic (exact) mass is 374 g/mol. The first-order valence-electron chi connectivity index (χ1n) is 9.04. The van der Waals surface area contributed by atoms with Crippen molar-refractivity contribution in [2.24, 2.45) is 5.10 Å². The molecule has 1 aliphatic rings. The summed E-state index contributed by atoms with van der Waals surface area (Å²) >= 11 is 1.54. The summed E-state index contributed by atoms with van der Waals surface area (Å²) in [6.07, 6.45) is 4.01. The van der Waals surface area contributed by atoms with Crippen LogP contribution in [0.25, 0.3) is 0 Å². The summed E-state index contributed by atoms with van der Waals surface area (Å²) in [5.41, 5.74) is 4.96. The second kappa shape index (κ2) is 10.3. The number of aromatic nitrogens is 1. The van der Waals surface area contributed by atoms with Crippen molar-refractivity contribution in [1.29, 1.82) is 0 Å². The molecule has 2 heterocycles. The number of anilines is 1. The van der Waals surface area contributed by atoms with Crippen LogP contribution in [0.4, 0.5) is 5.13 Å². The Morgan fingerprint density at radius 2 is 2.08 bits per heavy atom. The van der Waals surface area contributed by atoms with E-state index in [0.29, 0.717) is 0 Å². The summed E-state index contributed by atoms with van der Waals surface area (Å²) in [6.45, 7) is 7.70. The zero-order chi connectivity index (χ0) is 18.0. The summed E-state index contributed by atoms with van der Waals surface area (Å²) in [7, 11) is 0. The highest BCUT2D eigenvalue weighted by molar-refractivity contribution is 7.13. The molecule has 26 heavy (non-hydrogen) atoms. The lowest BCUT2D eigenvalue weighted by atomic mass is 10.2. The molecule has 1 N–H and O–H groups in total. The minimum absolute atomic E-state index is 0.753. The second-order valence-electron chi connectivity index (χ2n) is 6.24. The number of aryl methyl sites for hydroxylation is 1. The van der Waals surface area contributed by atoms with Gasteiger partial charge in [-0.15, -0.1) is 11.3 Å². The summed E-state index contributed by atoms with van der Waals surface area (Å²) in [5, 5.41) is 7.00. The minimum Gasteiger partial charge on any atom is -0.494 e. The maximum absolute atomic E-state index is 5.82. The maximum Gasteiger partial charge on any atom is 0.203 e. The highest BCUT2D eigenvalue weighted by Gasteiger charge is 2.09. The van der Waals surface area contributed by atoms with Crippen LogP contribution in [-0.4, -0.2) is 55.6 Å². The molecule has 0 unspecified atom stereocenters. The first-order valence-corrected chi connectivity index (χ1v) is 9.92. The molecule has 2 aromatic rings. The third kappa shape index (κ3) is 6.40. The molecule has 1 fully saturated rings. The predicted octanol–water partition coefficient (Wildman–Crippen LogP) is 3.39. The molecule has 0 spiro atoms. The van der Waals surface area contributed by atoms with Crippen LogP contribution in [0, 0.1) is 6.92 Å². The predicted molar refractivity (Wildman–Crippen MR) is 106 cm³/mol. The van der Waals surface area contributed by atoms with E-state index in [9.17, 15) is 0 Å². The number of ether oxygens (including phenoxy) is 2. The zero-order valence-corrected chi connectivity index (χ0v) is 16.0. The van der Waals surface area contributed by atoms with Crippen molar-refractivity contribution in [2.45, 2.75) is 19.8 Å². The lowest BCUT2D eigenvalue weighted by molar-refractivity contribution is 0.0368. The SMILES string of the molecule is Cc1csc(NN=Cc2ccc(OCCCCN3CCOCC3)cc2)n1. The molecule has 0 saturated carbocycles. The highest BCUT2D eigenvalue weighted by atomic mass is 32.1. The summed E-state index contributed by atoms with van der Waals surface area (Å²) in [6, 6.07) is 7.97. The van der Waals surface area contributed by atoms with Gasteiger partial charge in [0.1, 0.15) is 5.75 Å². The lowest BCUT2D eigenvalue weighted by Crippen LogP contribution is -2.36. The van der Waals surface area contributed by atoms with Crippen molar-refractivity contribution in [3.8, 4) is 5.75 Å². The summed E-state index contributed by atoms with van der Waals surface area (Å²) < 4.78 is 11.2. The molecule has 3 rings (SSSR count). The number of morpholine rings is 1. The number of rotatable bonds is 9. The number of nitrogens with zero attached hydrogens (tertiary/aromatic N) is 3. The van der Waals surface area contributed by atoms with E-state index in [1.807, 2.05) is 36.6 Å². The van der Waals surface area contributed by atoms with Crippen LogP contribution >= 0.6 is 11.3 Å². The minimum atomic E-state index is 0.753. The Balaban J connectivity index is 1.32. The van der Waals surface area contributed by atoms with Crippen LogP contribution in [0.15, 0.2) is 34.7 Å². The molecule has 0 radical (unpaired) electrons. The normalized spacial score (nSPS) is 15.4. The van der Waals surface area contributed by atoms with Crippen molar-refractivity contribution in [3.63, 3.8) is 0 Å². The van der Waals surface area contributed by atoms with Gasteiger partial charge in [-0.1, -0.05) is 0 Å². The Labute approximate surface area is 158 Å². The Bertz CT molecular complexity index is 681. The van der Waals surface area contributed by atoms with Gasteiger partial charge in [-0.2, -0.15) is 5.10 Å². The largest absolute Gasteiger partial charge is 0.494 e. The van der Waals surface area contributed by atoms with Crippen molar-refractivity contribution in [2.75, 3.05) is 44.9 Å². The zero-order valence-electron chi connectivity index (χ0n) is 15.2. The molecule has 1 aromatic carbocycles. The van der Waals surface area contributed by atoms with E-state index >= 15 is 0 Å². The smallest absolute Gasteiger partial charge is 0.203 e. The van der Waals surface area contributed by atoms with Crippen LogP contribution in [0.1, 0.15) is 24.1 Å². The fourth-order valence-electron chi connectivity index (χ4n) is 2.67. The number of unbranched alkanes of at least 4 members (excludes halogenated alkanes) is 1. The van der Waals surface area contributed by atoms with Crippen LogP contribution in [0.2, 0.25) is 0 Å². The molecule has 0 amide bonds. The lowest BCUT2D eigenvalue weighted by Gasteiger charge is -2.26. The number of nitrogens with one attached hydrogen (secondary N) is 1. The quantitative estimate of drug-likeness (QED) is 0.414. The molecule has 1 aliphatic heterocycles. The summed E-state index contributed by atoms with van der Waals surface area (Å²) in [5.74, 6) is 0.900. The number of thiazole rings is 1. The molecule has 0 atom stereocenters. The van der Waals surface area contributed by atoms with Gasteiger partial charge in [0.15, 0.2) is 0 Å². The van der Waals surface area contributed by atoms with Crippen LogP contribution in [0.3, 0.4) is 0 Å². The van der Waals surface area contributed by atoms with E-state index in [2.05, 4.69) is 20.4 Å². The molecule has 6 nitrogen and oxygen atoms in total. The van der Waals surface area contributed by atoms with Gasteiger partial charge < -0.3 is 9.47 Å². The van der Waals surface area contributed by atoms with Crippen molar-refractivity contribution < 1.29 is 9.47 Å². The van der Waals surface area contributed by atoms with Crippen molar-refractivity contribution in [3.05, 3.63) is 40.9 Å². The molecule has 0 aliphatic carbocycles. The molecule has 1 aromatic heterocycles. The number of benzene rings is 1. The molecule has 7 heteroatoms. The van der Waals surface area contributed by atoms with Crippen molar-refractivity contribution >= 4 is 22.7 Å². The van der Waals surface area contributed by atoms with Gasteiger partial charge in [0.25, 0.3) is 0 Å². The Hall–Kier alpha value is -1.96. The standard InChI is InChI=1S/C19H26N4O2S/c1-16-15-26-19(21-16)22-20-14-17-4-6-18(7-5-17)25-11-3-2-8-23-9-12-24-13-10-23/h4-7,14-15H,2-3,8-13H2,1H3,(H,21,22). The number of hydrogen-bond donors (Lipinski definition) is 1. The van der Waals surface area contributed by atoms with Crippen molar-refractivity contribution in [1.82, 2.24) is 9.88 Å². The van der Waals surface area contributed by atoms with Crippen LogP contribution < -0.4 is 10.2 Å². The van der Waals surface area contributed by atoms with Gasteiger partial charge in [0.2, 0.25) is 5.13 Å². The Morgan fingerprint density at radius 3 is 2.81 bits per heavy atom. The average molecular weight is 375 g/mol. The molecular formula is C19H26N4O2S. The van der Waals surface area contributed by atoms with E-state index in [1.165, 1.54) is 0 Å². The highest BCUT2D eigenvalue weighted by Crippen LogP contribution is 2.15. The molecular weight excluding hydrogens is 348 g/mol.